The van der Waals surface area contributed by atoms with Crippen LogP contribution in [0.5, 0.6) is 5.88 Å². The Labute approximate surface area is 112 Å². The Kier molecular flexibility index (Phi) is 3.99. The van der Waals surface area contributed by atoms with Gasteiger partial charge in [0.05, 0.1) is 18.7 Å². The van der Waals surface area contributed by atoms with E-state index in [1.807, 2.05) is 37.3 Å². The van der Waals surface area contributed by atoms with Crippen LogP contribution in [-0.2, 0) is 6.54 Å². The van der Waals surface area contributed by atoms with Crippen molar-refractivity contribution < 1.29 is 4.74 Å². The highest BCUT2D eigenvalue weighted by Gasteiger charge is 2.00. The maximum absolute atomic E-state index is 8.88. The highest BCUT2D eigenvalue weighted by molar-refractivity contribution is 5.51. The number of nitriles is 1. The number of pyridine rings is 1. The fraction of sp³-hybridized carbons (Fsp3) is 0.200. The molecule has 4 nitrogen and oxygen atoms in total. The molecule has 0 aliphatic rings. The van der Waals surface area contributed by atoms with Crippen molar-refractivity contribution in [2.24, 2.45) is 0 Å². The molecule has 0 saturated heterocycles. The lowest BCUT2D eigenvalue weighted by Gasteiger charge is -2.08. The molecule has 96 valence electrons. The maximum Gasteiger partial charge on any atom is 0.212 e. The minimum atomic E-state index is 0.609. The lowest BCUT2D eigenvalue weighted by molar-refractivity contribution is 0.397. The molecular weight excluding hydrogens is 238 g/mol. The molecule has 0 fully saturated rings. The van der Waals surface area contributed by atoms with Crippen molar-refractivity contribution in [2.75, 3.05) is 12.4 Å². The number of ether oxygens (including phenoxy) is 1. The Morgan fingerprint density at radius 2 is 2.16 bits per heavy atom. The molecule has 0 radical (unpaired) electrons. The van der Waals surface area contributed by atoms with Crippen LogP contribution in [0.15, 0.2) is 36.5 Å². The van der Waals surface area contributed by atoms with Crippen molar-refractivity contribution in [1.82, 2.24) is 4.98 Å². The normalized spacial score (nSPS) is 9.74. The van der Waals surface area contributed by atoms with Gasteiger partial charge in [0.25, 0.3) is 0 Å². The summed E-state index contributed by atoms with van der Waals surface area (Å²) in [7, 11) is 1.60. The molecule has 1 aromatic carbocycles. The molecule has 1 N–H and O–H groups in total. The number of aryl methyl sites for hydroxylation is 1. The second-order valence-corrected chi connectivity index (χ2v) is 4.20. The number of nitrogens with one attached hydrogen (secondary N) is 1. The fourth-order valence-corrected chi connectivity index (χ4v) is 1.74. The van der Waals surface area contributed by atoms with E-state index < -0.39 is 0 Å². The summed E-state index contributed by atoms with van der Waals surface area (Å²) in [6, 6.07) is 11.7. The molecular formula is C15H15N3O. The van der Waals surface area contributed by atoms with E-state index in [9.17, 15) is 0 Å². The maximum atomic E-state index is 8.88. The quantitative estimate of drug-likeness (QED) is 0.910. The van der Waals surface area contributed by atoms with Gasteiger partial charge >= 0.3 is 0 Å². The minimum Gasteiger partial charge on any atom is -0.481 e. The van der Waals surface area contributed by atoms with E-state index in [0.29, 0.717) is 18.0 Å². The summed E-state index contributed by atoms with van der Waals surface area (Å²) in [4.78, 5) is 4.15. The molecule has 0 spiro atoms. The summed E-state index contributed by atoms with van der Waals surface area (Å²) in [5.41, 5.74) is 3.74. The molecule has 4 heteroatoms. The van der Waals surface area contributed by atoms with E-state index in [2.05, 4.69) is 16.4 Å². The van der Waals surface area contributed by atoms with Crippen molar-refractivity contribution in [1.29, 1.82) is 5.26 Å². The zero-order chi connectivity index (χ0) is 13.7. The van der Waals surface area contributed by atoms with Crippen LogP contribution in [0.2, 0.25) is 0 Å². The molecule has 2 aromatic rings. The van der Waals surface area contributed by atoms with E-state index in [-0.39, 0.29) is 0 Å². The largest absolute Gasteiger partial charge is 0.481 e. The Morgan fingerprint density at radius 3 is 2.74 bits per heavy atom. The SMILES string of the molecule is COc1ccc(CNc2ccc(C#N)c(C)c2)cn1. The summed E-state index contributed by atoms with van der Waals surface area (Å²) in [6.45, 7) is 2.61. The van der Waals surface area contributed by atoms with Crippen LogP contribution in [0.25, 0.3) is 0 Å². The summed E-state index contributed by atoms with van der Waals surface area (Å²) < 4.78 is 5.01. The number of hydrogen-bond donors (Lipinski definition) is 1. The zero-order valence-electron chi connectivity index (χ0n) is 11.0. The number of hydrogen-bond acceptors (Lipinski definition) is 4. The van der Waals surface area contributed by atoms with E-state index in [4.69, 9.17) is 10.00 Å². The van der Waals surface area contributed by atoms with Crippen LogP contribution in [0.1, 0.15) is 16.7 Å². The first-order chi connectivity index (χ1) is 9.22. The van der Waals surface area contributed by atoms with E-state index in [0.717, 1.165) is 16.8 Å². The molecule has 1 heterocycles. The molecule has 0 aliphatic heterocycles. The molecule has 2 rings (SSSR count). The van der Waals surface area contributed by atoms with Crippen molar-refractivity contribution in [3.8, 4) is 11.9 Å². The molecule has 19 heavy (non-hydrogen) atoms. The van der Waals surface area contributed by atoms with Crippen LogP contribution < -0.4 is 10.1 Å². The third kappa shape index (κ3) is 3.23. The Balaban J connectivity index is 2.02. The van der Waals surface area contributed by atoms with Crippen LogP contribution in [0, 0.1) is 18.3 Å². The molecule has 0 bridgehead atoms. The van der Waals surface area contributed by atoms with Crippen LogP contribution in [-0.4, -0.2) is 12.1 Å². The second kappa shape index (κ2) is 5.87. The third-order valence-electron chi connectivity index (χ3n) is 2.85. The molecule has 0 amide bonds. The molecule has 0 atom stereocenters. The molecule has 0 aliphatic carbocycles. The summed E-state index contributed by atoms with van der Waals surface area (Å²) in [5, 5.41) is 12.2. The third-order valence-corrected chi connectivity index (χ3v) is 2.85. The van der Waals surface area contributed by atoms with E-state index in [1.54, 1.807) is 13.3 Å². The number of rotatable bonds is 4. The number of anilines is 1. The first-order valence-corrected chi connectivity index (χ1v) is 5.96. The summed E-state index contributed by atoms with van der Waals surface area (Å²) >= 11 is 0. The average molecular weight is 253 g/mol. The second-order valence-electron chi connectivity index (χ2n) is 4.20. The first-order valence-electron chi connectivity index (χ1n) is 5.96. The van der Waals surface area contributed by atoms with Crippen LogP contribution in [0.4, 0.5) is 5.69 Å². The average Bonchev–Trinajstić information content (AvgIpc) is 2.46. The van der Waals surface area contributed by atoms with Gasteiger partial charge in [-0.3, -0.25) is 0 Å². The van der Waals surface area contributed by atoms with Gasteiger partial charge in [0.15, 0.2) is 0 Å². The van der Waals surface area contributed by atoms with E-state index in [1.165, 1.54) is 0 Å². The number of aromatic nitrogens is 1. The van der Waals surface area contributed by atoms with Crippen molar-refractivity contribution >= 4 is 5.69 Å². The van der Waals surface area contributed by atoms with Gasteiger partial charge in [0.2, 0.25) is 5.88 Å². The van der Waals surface area contributed by atoms with Gasteiger partial charge in [0, 0.05) is 24.5 Å². The van der Waals surface area contributed by atoms with E-state index >= 15 is 0 Å². The summed E-state index contributed by atoms with van der Waals surface area (Å²) in [5.74, 6) is 0.609. The van der Waals surface area contributed by atoms with Gasteiger partial charge in [-0.25, -0.2) is 4.98 Å². The van der Waals surface area contributed by atoms with Crippen LogP contribution in [0.3, 0.4) is 0 Å². The topological polar surface area (TPSA) is 57.9 Å². The summed E-state index contributed by atoms with van der Waals surface area (Å²) in [6.07, 6.45) is 1.78. The lowest BCUT2D eigenvalue weighted by Crippen LogP contribution is -2.00. The smallest absolute Gasteiger partial charge is 0.212 e. The Morgan fingerprint density at radius 1 is 1.32 bits per heavy atom. The van der Waals surface area contributed by atoms with Gasteiger partial charge < -0.3 is 10.1 Å². The van der Waals surface area contributed by atoms with Gasteiger partial charge in [-0.1, -0.05) is 6.07 Å². The zero-order valence-corrected chi connectivity index (χ0v) is 11.0. The minimum absolute atomic E-state index is 0.609. The Hall–Kier alpha value is -2.54. The van der Waals surface area contributed by atoms with Crippen molar-refractivity contribution in [3.05, 3.63) is 53.2 Å². The lowest BCUT2D eigenvalue weighted by atomic mass is 10.1. The fourth-order valence-electron chi connectivity index (χ4n) is 1.74. The first kappa shape index (κ1) is 12.9. The molecule has 0 saturated carbocycles. The highest BCUT2D eigenvalue weighted by Crippen LogP contribution is 2.15. The predicted octanol–water partition coefficient (Wildman–Crippen LogP) is 2.88. The highest BCUT2D eigenvalue weighted by atomic mass is 16.5. The predicted molar refractivity (Wildman–Crippen MR) is 74.0 cm³/mol. The van der Waals surface area contributed by atoms with Crippen molar-refractivity contribution in [2.45, 2.75) is 13.5 Å². The molecule has 1 aromatic heterocycles. The monoisotopic (exact) mass is 253 g/mol. The van der Waals surface area contributed by atoms with Crippen LogP contribution >= 0.6 is 0 Å². The van der Waals surface area contributed by atoms with Gasteiger partial charge in [-0.15, -0.1) is 0 Å². The number of benzene rings is 1. The number of nitrogens with zero attached hydrogens (tertiary/aromatic N) is 2. The van der Waals surface area contributed by atoms with Gasteiger partial charge in [0.1, 0.15) is 0 Å². The standard InChI is InChI=1S/C15H15N3O/c1-11-7-14(5-4-13(11)8-16)17-9-12-3-6-15(19-2)18-10-12/h3-7,10,17H,9H2,1-2H3. The number of methoxy groups -OCH3 is 1. The van der Waals surface area contributed by atoms with Gasteiger partial charge in [-0.05, 0) is 36.2 Å². The van der Waals surface area contributed by atoms with Gasteiger partial charge in [-0.2, -0.15) is 5.26 Å². The molecule has 0 unspecified atom stereocenters. The Bertz CT molecular complexity index is 600. The van der Waals surface area contributed by atoms with Crippen molar-refractivity contribution in [3.63, 3.8) is 0 Å².